The molecule has 1 aliphatic rings. The third-order valence-corrected chi connectivity index (χ3v) is 3.36. The fourth-order valence-corrected chi connectivity index (χ4v) is 2.10. The second-order valence-corrected chi connectivity index (χ2v) is 6.05. The van der Waals surface area contributed by atoms with Crippen molar-refractivity contribution in [2.75, 3.05) is 26.7 Å². The van der Waals surface area contributed by atoms with Crippen molar-refractivity contribution in [3.63, 3.8) is 0 Å². The van der Waals surface area contributed by atoms with Crippen molar-refractivity contribution in [1.29, 1.82) is 0 Å². The van der Waals surface area contributed by atoms with E-state index in [2.05, 4.69) is 17.3 Å². The molecule has 0 spiro atoms. The Kier molecular flexibility index (Phi) is 5.40. The van der Waals surface area contributed by atoms with E-state index in [9.17, 15) is 4.79 Å². The number of hydrogen-bond acceptors (Lipinski definition) is 3. The molecule has 0 aromatic heterocycles. The Morgan fingerprint density at radius 3 is 2.53 bits per heavy atom. The molecule has 0 atom stereocenters. The smallest absolute Gasteiger partial charge is 0.220 e. The van der Waals surface area contributed by atoms with E-state index in [1.54, 1.807) is 0 Å². The number of carbonyl (C=O) groups excluding carboxylic acids is 1. The number of nitrogens with zero attached hydrogens (tertiary/aromatic N) is 1. The number of piperidine rings is 1. The van der Waals surface area contributed by atoms with Crippen molar-refractivity contribution in [2.24, 2.45) is 11.7 Å². The fraction of sp³-hybridized carbons (Fsp3) is 0.923. The van der Waals surface area contributed by atoms with Crippen molar-refractivity contribution >= 4 is 5.91 Å². The molecular formula is C13H27N3O. The first-order chi connectivity index (χ1) is 7.87. The maximum Gasteiger partial charge on any atom is 0.220 e. The van der Waals surface area contributed by atoms with E-state index in [1.807, 2.05) is 13.8 Å². The maximum absolute atomic E-state index is 11.6. The van der Waals surface area contributed by atoms with Crippen molar-refractivity contribution < 1.29 is 4.79 Å². The van der Waals surface area contributed by atoms with Crippen LogP contribution in [0.4, 0.5) is 0 Å². The summed E-state index contributed by atoms with van der Waals surface area (Å²) >= 11 is 0. The lowest BCUT2D eigenvalue weighted by Gasteiger charge is -2.28. The monoisotopic (exact) mass is 241 g/mol. The Hall–Kier alpha value is -0.610. The van der Waals surface area contributed by atoms with Gasteiger partial charge < -0.3 is 16.0 Å². The van der Waals surface area contributed by atoms with E-state index in [-0.39, 0.29) is 11.4 Å². The molecule has 1 fully saturated rings. The Bertz CT molecular complexity index is 240. The molecule has 17 heavy (non-hydrogen) atoms. The van der Waals surface area contributed by atoms with E-state index in [0.717, 1.165) is 12.3 Å². The molecule has 0 unspecified atom stereocenters. The summed E-state index contributed by atoms with van der Waals surface area (Å²) in [5, 5.41) is 2.90. The maximum atomic E-state index is 11.6. The van der Waals surface area contributed by atoms with E-state index < -0.39 is 0 Å². The highest BCUT2D eigenvalue weighted by atomic mass is 16.1. The lowest BCUT2D eigenvalue weighted by molar-refractivity contribution is -0.121. The minimum absolute atomic E-state index is 0.141. The average molecular weight is 241 g/mol. The lowest BCUT2D eigenvalue weighted by atomic mass is 9.92. The molecule has 0 bridgehead atoms. The van der Waals surface area contributed by atoms with E-state index in [1.165, 1.54) is 25.9 Å². The molecule has 4 nitrogen and oxygen atoms in total. The van der Waals surface area contributed by atoms with Crippen LogP contribution in [0.15, 0.2) is 0 Å². The van der Waals surface area contributed by atoms with Crippen LogP contribution in [0.25, 0.3) is 0 Å². The van der Waals surface area contributed by atoms with Crippen LogP contribution in [0.2, 0.25) is 0 Å². The van der Waals surface area contributed by atoms with E-state index >= 15 is 0 Å². The molecule has 0 radical (unpaired) electrons. The predicted octanol–water partition coefficient (Wildman–Crippen LogP) is 0.962. The second-order valence-electron chi connectivity index (χ2n) is 6.05. The van der Waals surface area contributed by atoms with Gasteiger partial charge in [-0.3, -0.25) is 4.79 Å². The molecule has 1 rings (SSSR count). The summed E-state index contributed by atoms with van der Waals surface area (Å²) in [6.07, 6.45) is 4.12. The summed E-state index contributed by atoms with van der Waals surface area (Å²) in [6, 6.07) is 0. The van der Waals surface area contributed by atoms with Crippen molar-refractivity contribution in [3.05, 3.63) is 0 Å². The van der Waals surface area contributed by atoms with Crippen molar-refractivity contribution in [2.45, 2.75) is 45.1 Å². The molecule has 1 heterocycles. The molecule has 0 aliphatic carbocycles. The average Bonchev–Trinajstić information content (AvgIpc) is 2.25. The van der Waals surface area contributed by atoms with Crippen LogP contribution in [-0.4, -0.2) is 43.0 Å². The predicted molar refractivity (Wildman–Crippen MR) is 70.7 cm³/mol. The molecule has 1 saturated heterocycles. The van der Waals surface area contributed by atoms with Crippen LogP contribution in [0.1, 0.15) is 39.5 Å². The number of nitrogens with one attached hydrogen (secondary N) is 1. The zero-order chi connectivity index (χ0) is 12.9. The third kappa shape index (κ3) is 6.64. The fourth-order valence-electron chi connectivity index (χ4n) is 2.10. The number of carbonyl (C=O) groups is 1. The van der Waals surface area contributed by atoms with Gasteiger partial charge in [-0.15, -0.1) is 0 Å². The summed E-state index contributed by atoms with van der Waals surface area (Å²) in [6.45, 7) is 6.73. The summed E-state index contributed by atoms with van der Waals surface area (Å²) in [5.74, 6) is 0.866. The number of nitrogens with two attached hydrogens (primary N) is 1. The third-order valence-electron chi connectivity index (χ3n) is 3.36. The van der Waals surface area contributed by atoms with Crippen molar-refractivity contribution in [1.82, 2.24) is 10.2 Å². The minimum Gasteiger partial charge on any atom is -0.354 e. The molecule has 1 amide bonds. The summed E-state index contributed by atoms with van der Waals surface area (Å²) in [5.41, 5.74) is 5.50. The molecule has 1 aliphatic heterocycles. The molecule has 4 heteroatoms. The zero-order valence-corrected chi connectivity index (χ0v) is 11.5. The number of amides is 1. The van der Waals surface area contributed by atoms with Crippen LogP contribution < -0.4 is 11.1 Å². The summed E-state index contributed by atoms with van der Waals surface area (Å²) < 4.78 is 0. The van der Waals surface area contributed by atoms with Gasteiger partial charge in [0.25, 0.3) is 0 Å². The van der Waals surface area contributed by atoms with Gasteiger partial charge in [0, 0.05) is 18.5 Å². The minimum atomic E-state index is -0.316. The Balaban J connectivity index is 2.11. The van der Waals surface area contributed by atoms with Crippen molar-refractivity contribution in [3.8, 4) is 0 Å². The largest absolute Gasteiger partial charge is 0.354 e. The lowest BCUT2D eigenvalue weighted by Crippen LogP contribution is -2.45. The van der Waals surface area contributed by atoms with Gasteiger partial charge in [0.15, 0.2) is 0 Å². The number of rotatable bonds is 5. The van der Waals surface area contributed by atoms with Gasteiger partial charge in [-0.05, 0) is 59.2 Å². The number of hydrogen-bond donors (Lipinski definition) is 2. The highest BCUT2D eigenvalue weighted by Crippen LogP contribution is 2.20. The van der Waals surface area contributed by atoms with Gasteiger partial charge in [-0.1, -0.05) is 0 Å². The molecule has 100 valence electrons. The normalized spacial score (nSPS) is 19.3. The quantitative estimate of drug-likeness (QED) is 0.754. The van der Waals surface area contributed by atoms with E-state index in [4.69, 9.17) is 5.73 Å². The first-order valence-corrected chi connectivity index (χ1v) is 6.61. The molecule has 3 N–H and O–H groups in total. The molecule has 0 saturated carbocycles. The van der Waals surface area contributed by atoms with Gasteiger partial charge >= 0.3 is 0 Å². The van der Waals surface area contributed by atoms with Gasteiger partial charge in [0.1, 0.15) is 0 Å². The van der Waals surface area contributed by atoms with Gasteiger partial charge in [-0.2, -0.15) is 0 Å². The highest BCUT2D eigenvalue weighted by Gasteiger charge is 2.18. The molecule has 0 aromatic rings. The zero-order valence-electron chi connectivity index (χ0n) is 11.5. The highest BCUT2D eigenvalue weighted by molar-refractivity contribution is 5.75. The van der Waals surface area contributed by atoms with Crippen LogP contribution in [-0.2, 0) is 4.79 Å². The Morgan fingerprint density at radius 2 is 2.00 bits per heavy atom. The summed E-state index contributed by atoms with van der Waals surface area (Å²) in [7, 11) is 2.16. The SMILES string of the molecule is CN1CCC(CCC(=O)NCC(C)(C)N)CC1. The van der Waals surface area contributed by atoms with Crippen LogP contribution >= 0.6 is 0 Å². The molecular weight excluding hydrogens is 214 g/mol. The van der Waals surface area contributed by atoms with E-state index in [0.29, 0.717) is 13.0 Å². The van der Waals surface area contributed by atoms with Gasteiger partial charge in [0.2, 0.25) is 5.91 Å². The van der Waals surface area contributed by atoms with Crippen LogP contribution in [0, 0.1) is 5.92 Å². The first kappa shape index (κ1) is 14.5. The van der Waals surface area contributed by atoms with Crippen LogP contribution in [0.3, 0.4) is 0 Å². The number of likely N-dealkylation sites (tertiary alicyclic amines) is 1. The van der Waals surface area contributed by atoms with Crippen LogP contribution in [0.5, 0.6) is 0 Å². The topological polar surface area (TPSA) is 58.4 Å². The van der Waals surface area contributed by atoms with Gasteiger partial charge in [-0.25, -0.2) is 0 Å². The first-order valence-electron chi connectivity index (χ1n) is 6.61. The van der Waals surface area contributed by atoms with Gasteiger partial charge in [0.05, 0.1) is 0 Å². The standard InChI is InChI=1S/C13H27N3O/c1-13(2,14)10-15-12(17)5-4-11-6-8-16(3)9-7-11/h11H,4-10,14H2,1-3H3,(H,15,17). The Morgan fingerprint density at radius 1 is 1.41 bits per heavy atom. The second kappa shape index (κ2) is 6.36. The Labute approximate surface area is 105 Å². The molecule has 0 aromatic carbocycles. The summed E-state index contributed by atoms with van der Waals surface area (Å²) in [4.78, 5) is 14.0.